The molecule has 26 heavy (non-hydrogen) atoms. The predicted octanol–water partition coefficient (Wildman–Crippen LogP) is 2.48. The summed E-state index contributed by atoms with van der Waals surface area (Å²) in [4.78, 5) is 45.3. The van der Waals surface area contributed by atoms with Crippen molar-refractivity contribution in [2.75, 3.05) is 0 Å². The van der Waals surface area contributed by atoms with Crippen LogP contribution in [-0.4, -0.2) is 35.1 Å². The lowest BCUT2D eigenvalue weighted by molar-refractivity contribution is -0.416. The van der Waals surface area contributed by atoms with Gasteiger partial charge in [-0.25, -0.2) is 9.68 Å². The van der Waals surface area contributed by atoms with E-state index in [0.717, 1.165) is 5.56 Å². The third kappa shape index (κ3) is 5.53. The zero-order valence-electron chi connectivity index (χ0n) is 15.0. The van der Waals surface area contributed by atoms with E-state index in [1.165, 1.54) is 0 Å². The summed E-state index contributed by atoms with van der Waals surface area (Å²) >= 11 is 0. The van der Waals surface area contributed by atoms with E-state index in [4.69, 9.17) is 14.6 Å². The fourth-order valence-electron chi connectivity index (χ4n) is 2.53. The topological polar surface area (TPSA) is 94.2 Å². The molecule has 142 valence electrons. The van der Waals surface area contributed by atoms with E-state index in [1.54, 1.807) is 0 Å². The number of hydroxylamine groups is 2. The molecule has 0 aliphatic carbocycles. The highest BCUT2D eigenvalue weighted by atomic mass is 17.3. The maximum absolute atomic E-state index is 12.0. The number of ether oxygens (including phenoxy) is 1. The van der Waals surface area contributed by atoms with E-state index >= 15 is 0 Å². The van der Waals surface area contributed by atoms with Crippen LogP contribution in [0.4, 0.5) is 4.79 Å². The van der Waals surface area contributed by atoms with Gasteiger partial charge in [-0.1, -0.05) is 44.2 Å². The standard InChI is InChI=1S/C18H24N2O6/c1-3-14(19-18(23)24-12-13-8-6-5-7-9-13)15(4-2)25-26-20-16(21)10-11-17(20)22/h5-9,14-15H,3-4,10-12H2,1-2H3,(H,19,23). The Morgan fingerprint density at radius 1 is 1.12 bits per heavy atom. The number of nitrogens with zero attached hydrogens (tertiary/aromatic N) is 1. The summed E-state index contributed by atoms with van der Waals surface area (Å²) < 4.78 is 5.20. The molecule has 2 rings (SSSR count). The molecule has 8 heteroatoms. The van der Waals surface area contributed by atoms with Crippen LogP contribution in [0.2, 0.25) is 0 Å². The van der Waals surface area contributed by atoms with Crippen molar-refractivity contribution < 1.29 is 29.0 Å². The molecular formula is C18H24N2O6. The number of rotatable bonds is 9. The first kappa shape index (κ1) is 19.9. The maximum Gasteiger partial charge on any atom is 0.407 e. The van der Waals surface area contributed by atoms with Crippen LogP contribution in [0.15, 0.2) is 30.3 Å². The SMILES string of the molecule is CCC(NC(=O)OCc1ccccc1)C(CC)OON1C(=O)CCC1=O. The van der Waals surface area contributed by atoms with Gasteiger partial charge in [0.2, 0.25) is 0 Å². The molecule has 0 saturated carbocycles. The van der Waals surface area contributed by atoms with Crippen LogP contribution in [0.1, 0.15) is 45.1 Å². The zero-order chi connectivity index (χ0) is 18.9. The van der Waals surface area contributed by atoms with Crippen molar-refractivity contribution in [3.05, 3.63) is 35.9 Å². The molecular weight excluding hydrogens is 340 g/mol. The number of nitrogens with one attached hydrogen (secondary N) is 1. The lowest BCUT2D eigenvalue weighted by atomic mass is 10.1. The number of alkyl carbamates (subject to hydrolysis) is 1. The highest BCUT2D eigenvalue weighted by Crippen LogP contribution is 2.16. The normalized spacial score (nSPS) is 16.5. The van der Waals surface area contributed by atoms with Gasteiger partial charge in [0.05, 0.1) is 6.04 Å². The first-order valence-electron chi connectivity index (χ1n) is 8.71. The first-order chi connectivity index (χ1) is 12.5. The van der Waals surface area contributed by atoms with E-state index in [-0.39, 0.29) is 19.4 Å². The fraction of sp³-hybridized carbons (Fsp3) is 0.500. The molecule has 0 aromatic heterocycles. The number of carbonyl (C=O) groups is 3. The van der Waals surface area contributed by atoms with Crippen LogP contribution >= 0.6 is 0 Å². The molecule has 1 heterocycles. The largest absolute Gasteiger partial charge is 0.445 e. The molecule has 2 unspecified atom stereocenters. The lowest BCUT2D eigenvalue weighted by Crippen LogP contribution is -2.45. The van der Waals surface area contributed by atoms with Crippen LogP contribution in [0, 0.1) is 0 Å². The Morgan fingerprint density at radius 3 is 2.35 bits per heavy atom. The Kier molecular flexibility index (Phi) is 7.55. The molecule has 1 saturated heterocycles. The molecule has 0 spiro atoms. The summed E-state index contributed by atoms with van der Waals surface area (Å²) in [7, 11) is 0. The van der Waals surface area contributed by atoms with Gasteiger partial charge in [-0.3, -0.25) is 9.59 Å². The van der Waals surface area contributed by atoms with Crippen molar-refractivity contribution in [1.82, 2.24) is 10.4 Å². The van der Waals surface area contributed by atoms with Gasteiger partial charge in [-0.2, -0.15) is 0 Å². The molecule has 3 amide bonds. The summed E-state index contributed by atoms with van der Waals surface area (Å²) in [5, 5.41) is 3.36. The minimum absolute atomic E-state index is 0.111. The van der Waals surface area contributed by atoms with Gasteiger partial charge < -0.3 is 10.1 Å². The second-order valence-electron chi connectivity index (χ2n) is 5.92. The highest BCUT2D eigenvalue weighted by Gasteiger charge is 2.33. The van der Waals surface area contributed by atoms with E-state index in [1.807, 2.05) is 44.2 Å². The number of carbonyl (C=O) groups excluding carboxylic acids is 3. The Bertz CT molecular complexity index is 605. The van der Waals surface area contributed by atoms with Gasteiger partial charge in [0.25, 0.3) is 11.8 Å². The molecule has 0 radical (unpaired) electrons. The minimum atomic E-state index is -0.573. The molecule has 1 aromatic rings. The Morgan fingerprint density at radius 2 is 1.77 bits per heavy atom. The highest BCUT2D eigenvalue weighted by molar-refractivity contribution is 6.00. The smallest absolute Gasteiger partial charge is 0.407 e. The maximum atomic E-state index is 12.0. The summed E-state index contributed by atoms with van der Waals surface area (Å²) in [5.41, 5.74) is 0.883. The van der Waals surface area contributed by atoms with Crippen molar-refractivity contribution in [1.29, 1.82) is 0 Å². The lowest BCUT2D eigenvalue weighted by Gasteiger charge is -2.25. The van der Waals surface area contributed by atoms with Gasteiger partial charge >= 0.3 is 6.09 Å². The number of imide groups is 1. The van der Waals surface area contributed by atoms with Crippen LogP contribution in [0.3, 0.4) is 0 Å². The summed E-state index contributed by atoms with van der Waals surface area (Å²) in [6.45, 7) is 3.88. The molecule has 1 N–H and O–H groups in total. The number of amides is 3. The number of hydrogen-bond acceptors (Lipinski definition) is 6. The molecule has 8 nitrogen and oxygen atoms in total. The quantitative estimate of drug-likeness (QED) is 0.411. The van der Waals surface area contributed by atoms with E-state index < -0.39 is 30.1 Å². The number of hydrogen-bond donors (Lipinski definition) is 1. The molecule has 1 aliphatic rings. The molecule has 0 bridgehead atoms. The second kappa shape index (κ2) is 9.88. The van der Waals surface area contributed by atoms with Crippen LogP contribution in [0.5, 0.6) is 0 Å². The molecule has 1 aliphatic heterocycles. The van der Waals surface area contributed by atoms with Crippen molar-refractivity contribution in [3.63, 3.8) is 0 Å². The first-order valence-corrected chi connectivity index (χ1v) is 8.71. The average Bonchev–Trinajstić information content (AvgIpc) is 2.98. The third-order valence-electron chi connectivity index (χ3n) is 4.05. The van der Waals surface area contributed by atoms with Crippen molar-refractivity contribution >= 4 is 17.9 Å². The summed E-state index contributed by atoms with van der Waals surface area (Å²) in [5.74, 6) is -0.874. The minimum Gasteiger partial charge on any atom is -0.445 e. The molecule has 1 aromatic carbocycles. The van der Waals surface area contributed by atoms with Gasteiger partial charge in [-0.15, -0.1) is 10.1 Å². The van der Waals surface area contributed by atoms with Gasteiger partial charge in [0, 0.05) is 12.8 Å². The summed E-state index contributed by atoms with van der Waals surface area (Å²) in [6, 6.07) is 8.95. The zero-order valence-corrected chi connectivity index (χ0v) is 15.0. The van der Waals surface area contributed by atoms with E-state index in [2.05, 4.69) is 5.32 Å². The van der Waals surface area contributed by atoms with Gasteiger partial charge in [0.15, 0.2) is 0 Å². The van der Waals surface area contributed by atoms with Crippen LogP contribution in [0.25, 0.3) is 0 Å². The van der Waals surface area contributed by atoms with E-state index in [0.29, 0.717) is 17.9 Å². The van der Waals surface area contributed by atoms with E-state index in [9.17, 15) is 14.4 Å². The summed E-state index contributed by atoms with van der Waals surface area (Å²) in [6.07, 6.45) is 0.180. The van der Waals surface area contributed by atoms with Gasteiger partial charge in [0.1, 0.15) is 12.7 Å². The monoisotopic (exact) mass is 364 g/mol. The number of benzene rings is 1. The van der Waals surface area contributed by atoms with Crippen LogP contribution in [-0.2, 0) is 30.8 Å². The average molecular weight is 364 g/mol. The van der Waals surface area contributed by atoms with Crippen molar-refractivity contribution in [2.24, 2.45) is 0 Å². The van der Waals surface area contributed by atoms with Crippen molar-refractivity contribution in [2.45, 2.75) is 58.3 Å². The predicted molar refractivity (Wildman–Crippen MR) is 91.2 cm³/mol. The Balaban J connectivity index is 1.82. The Labute approximate surface area is 152 Å². The second-order valence-corrected chi connectivity index (χ2v) is 5.92. The van der Waals surface area contributed by atoms with Gasteiger partial charge in [-0.05, 0) is 18.4 Å². The Hall–Kier alpha value is -2.45. The third-order valence-corrected chi connectivity index (χ3v) is 4.05. The molecule has 1 fully saturated rings. The fourth-order valence-corrected chi connectivity index (χ4v) is 2.53. The van der Waals surface area contributed by atoms with Crippen LogP contribution < -0.4 is 5.32 Å². The molecule has 2 atom stereocenters. The van der Waals surface area contributed by atoms with Crippen molar-refractivity contribution in [3.8, 4) is 0 Å².